The van der Waals surface area contributed by atoms with Gasteiger partial charge in [-0.2, -0.15) is 0 Å². The van der Waals surface area contributed by atoms with E-state index in [-0.39, 0.29) is 5.91 Å². The summed E-state index contributed by atoms with van der Waals surface area (Å²) in [7, 11) is 0. The number of aliphatic imine (C=N–C) groups is 1. The van der Waals surface area contributed by atoms with Crippen molar-refractivity contribution in [1.29, 1.82) is 0 Å². The summed E-state index contributed by atoms with van der Waals surface area (Å²) in [6.07, 6.45) is 0. The molecule has 0 atom stereocenters. The molecule has 0 radical (unpaired) electrons. The Labute approximate surface area is 161 Å². The summed E-state index contributed by atoms with van der Waals surface area (Å²) in [6.45, 7) is 8.62. The number of para-hydroxylation sites is 2. The number of nitrogens with zero attached hydrogens (tertiary/aromatic N) is 2. The van der Waals surface area contributed by atoms with E-state index in [0.717, 1.165) is 22.5 Å². The van der Waals surface area contributed by atoms with Gasteiger partial charge in [0, 0.05) is 0 Å². The standard InChI is InChI=1S/C21H17BN2O.C2H6/c1-15-11-12-16(13-22-15)14-23-20-18-9-5-6-10-19(18)24(21(20)25)17-7-3-2-4-8-17;1-2/h2-13H,14H2,1H3;1-2H3. The van der Waals surface area contributed by atoms with E-state index in [1.165, 1.54) is 5.46 Å². The van der Waals surface area contributed by atoms with Crippen LogP contribution in [0.5, 0.6) is 0 Å². The van der Waals surface area contributed by atoms with E-state index in [0.29, 0.717) is 12.3 Å². The Kier molecular flexibility index (Phi) is 5.97. The molecule has 1 aliphatic heterocycles. The van der Waals surface area contributed by atoms with Gasteiger partial charge in [-0.15, -0.1) is 0 Å². The zero-order valence-electron chi connectivity index (χ0n) is 16.0. The fraction of sp³-hybridized carbons (Fsp3) is 0.174. The third-order valence-corrected chi connectivity index (χ3v) is 4.36. The molecule has 27 heavy (non-hydrogen) atoms. The second-order valence-corrected chi connectivity index (χ2v) is 6.14. The Morgan fingerprint density at radius 3 is 2.33 bits per heavy atom. The zero-order chi connectivity index (χ0) is 19.2. The predicted molar refractivity (Wildman–Crippen MR) is 114 cm³/mol. The van der Waals surface area contributed by atoms with Crippen molar-refractivity contribution in [3.8, 4) is 0 Å². The van der Waals surface area contributed by atoms with Gasteiger partial charge >= 0.3 is 147 Å². The van der Waals surface area contributed by atoms with Crippen LogP contribution in [0, 0.1) is 6.92 Å². The molecule has 2 aromatic carbocycles. The fourth-order valence-electron chi connectivity index (χ4n) is 3.05. The van der Waals surface area contributed by atoms with Crippen molar-refractivity contribution in [2.45, 2.75) is 27.3 Å². The molecule has 0 N–H and O–H groups in total. The van der Waals surface area contributed by atoms with Crippen LogP contribution in [-0.4, -0.2) is 18.5 Å². The van der Waals surface area contributed by atoms with Gasteiger partial charge in [-0.1, -0.05) is 13.8 Å². The Bertz CT molecular complexity index is 950. The van der Waals surface area contributed by atoms with E-state index >= 15 is 0 Å². The average Bonchev–Trinajstić information content (AvgIpc) is 3.01. The number of hydrogen-bond donors (Lipinski definition) is 0. The summed E-state index contributed by atoms with van der Waals surface area (Å²) in [6, 6.07) is 21.7. The molecule has 2 heterocycles. The number of carbonyl (C=O) groups is 1. The minimum absolute atomic E-state index is 0.0699. The van der Waals surface area contributed by atoms with Crippen LogP contribution in [-0.2, 0) is 11.3 Å². The molecular weight excluding hydrogens is 331 g/mol. The maximum absolute atomic E-state index is 13.0. The van der Waals surface area contributed by atoms with E-state index in [1.54, 1.807) is 4.90 Å². The Morgan fingerprint density at radius 2 is 1.63 bits per heavy atom. The molecule has 1 aliphatic rings. The summed E-state index contributed by atoms with van der Waals surface area (Å²) in [5.41, 5.74) is 5.49. The van der Waals surface area contributed by atoms with Gasteiger partial charge in [-0.3, -0.25) is 0 Å². The van der Waals surface area contributed by atoms with Crippen LogP contribution in [0.25, 0.3) is 0 Å². The molecule has 0 saturated carbocycles. The molecule has 134 valence electrons. The summed E-state index contributed by atoms with van der Waals surface area (Å²) in [5.74, 6) is 1.99. The molecule has 3 nitrogen and oxygen atoms in total. The number of anilines is 2. The van der Waals surface area contributed by atoms with Crippen LogP contribution in [0.1, 0.15) is 30.4 Å². The number of benzene rings is 2. The number of fused-ring (bicyclic) bond motifs is 1. The first-order valence-corrected chi connectivity index (χ1v) is 9.33. The molecule has 0 unspecified atom stereocenters. The topological polar surface area (TPSA) is 32.7 Å². The normalized spacial score (nSPS) is 13.8. The van der Waals surface area contributed by atoms with Gasteiger partial charge in [0.1, 0.15) is 0 Å². The molecule has 0 aliphatic carbocycles. The quantitative estimate of drug-likeness (QED) is 0.650. The number of carbonyl (C=O) groups excluding carboxylic acids is 1. The van der Waals surface area contributed by atoms with Gasteiger partial charge in [-0.05, 0) is 0 Å². The maximum atomic E-state index is 13.0. The molecule has 0 fully saturated rings. The van der Waals surface area contributed by atoms with Crippen molar-refractivity contribution in [1.82, 2.24) is 0 Å². The number of aryl methyl sites for hydroxylation is 1. The van der Waals surface area contributed by atoms with Gasteiger partial charge in [0.15, 0.2) is 0 Å². The van der Waals surface area contributed by atoms with Crippen LogP contribution < -0.4 is 4.90 Å². The van der Waals surface area contributed by atoms with E-state index in [2.05, 4.69) is 36.9 Å². The second-order valence-electron chi connectivity index (χ2n) is 6.14. The Morgan fingerprint density at radius 1 is 0.926 bits per heavy atom. The fourth-order valence-corrected chi connectivity index (χ4v) is 3.05. The van der Waals surface area contributed by atoms with Crippen molar-refractivity contribution in [2.24, 2.45) is 4.99 Å². The van der Waals surface area contributed by atoms with Gasteiger partial charge in [0.25, 0.3) is 0 Å². The summed E-state index contributed by atoms with van der Waals surface area (Å²) < 4.78 is 0. The van der Waals surface area contributed by atoms with E-state index in [9.17, 15) is 4.79 Å². The first kappa shape index (κ1) is 18.8. The molecular formula is C23H23BN2O. The average molecular weight is 354 g/mol. The monoisotopic (exact) mass is 354 g/mol. The van der Waals surface area contributed by atoms with Crippen LogP contribution in [0.2, 0.25) is 0 Å². The second kappa shape index (κ2) is 8.59. The molecule has 3 aromatic rings. The predicted octanol–water partition coefficient (Wildman–Crippen LogP) is 5.03. The van der Waals surface area contributed by atoms with Crippen molar-refractivity contribution in [3.63, 3.8) is 0 Å². The number of hydrogen-bond acceptors (Lipinski definition) is 2. The number of amides is 1. The van der Waals surface area contributed by atoms with Gasteiger partial charge < -0.3 is 0 Å². The van der Waals surface area contributed by atoms with Gasteiger partial charge in [-0.25, -0.2) is 0 Å². The van der Waals surface area contributed by atoms with Crippen molar-refractivity contribution < 1.29 is 4.79 Å². The van der Waals surface area contributed by atoms with Crippen LogP contribution >= 0.6 is 0 Å². The van der Waals surface area contributed by atoms with Gasteiger partial charge in [0.2, 0.25) is 0 Å². The minimum atomic E-state index is -0.0699. The molecule has 0 spiro atoms. The van der Waals surface area contributed by atoms with Gasteiger partial charge in [0.05, 0.1) is 0 Å². The molecule has 0 bridgehead atoms. The van der Waals surface area contributed by atoms with Crippen molar-refractivity contribution >= 4 is 29.9 Å². The van der Waals surface area contributed by atoms with Crippen LogP contribution in [0.4, 0.5) is 11.4 Å². The molecule has 1 amide bonds. The first-order chi connectivity index (χ1) is 13.2. The van der Waals surface area contributed by atoms with E-state index < -0.39 is 0 Å². The number of rotatable bonds is 3. The molecule has 4 heteroatoms. The van der Waals surface area contributed by atoms with Crippen molar-refractivity contribution in [2.75, 3.05) is 4.90 Å². The Hall–Kier alpha value is -3.01. The Balaban J connectivity index is 0.00000102. The first-order valence-electron chi connectivity index (χ1n) is 9.33. The van der Waals surface area contributed by atoms with E-state index in [4.69, 9.17) is 0 Å². The third kappa shape index (κ3) is 3.90. The van der Waals surface area contributed by atoms with Crippen LogP contribution in [0.15, 0.2) is 77.7 Å². The van der Waals surface area contributed by atoms with Crippen molar-refractivity contribution in [3.05, 3.63) is 89.3 Å². The molecule has 0 saturated heterocycles. The molecule has 1 aromatic heterocycles. The SMILES string of the molecule is CC.Cc1bcc(CN=C2C(=O)N(c3ccccc3)c3ccccc32)cc1. The summed E-state index contributed by atoms with van der Waals surface area (Å²) >= 11 is 0. The van der Waals surface area contributed by atoms with E-state index in [1.807, 2.05) is 68.4 Å². The summed E-state index contributed by atoms with van der Waals surface area (Å²) in [4.78, 5) is 19.4. The molecule has 4 rings (SSSR count). The van der Waals surface area contributed by atoms with Crippen LogP contribution in [0.3, 0.4) is 0 Å². The summed E-state index contributed by atoms with van der Waals surface area (Å²) in [5, 5.41) is 0. The third-order valence-electron chi connectivity index (χ3n) is 4.36. The zero-order valence-corrected chi connectivity index (χ0v) is 16.0.